The van der Waals surface area contributed by atoms with Gasteiger partial charge in [-0.3, -0.25) is 4.90 Å². The minimum atomic E-state index is 0.358. The topological polar surface area (TPSA) is 32.5 Å². The molecule has 0 bridgehead atoms. The third-order valence-corrected chi connectivity index (χ3v) is 6.22. The minimum Gasteiger partial charge on any atom is -0.327 e. The zero-order chi connectivity index (χ0) is 14.2. The summed E-state index contributed by atoms with van der Waals surface area (Å²) in [4.78, 5) is 5.45. The number of nitrogens with two attached hydrogens (primary N) is 1. The molecule has 0 radical (unpaired) electrons. The molecular formula is C17H33N3. The average Bonchev–Trinajstić information content (AvgIpc) is 3.01. The normalized spacial score (nSPS) is 39.5. The number of hydrogen-bond donors (Lipinski definition) is 1. The first kappa shape index (κ1) is 14.8. The summed E-state index contributed by atoms with van der Waals surface area (Å²) in [6.45, 7) is 11.2. The molecule has 3 atom stereocenters. The maximum Gasteiger partial charge on any atom is 0.0235 e. The predicted octanol–water partition coefficient (Wildman–Crippen LogP) is 2.31. The Balaban J connectivity index is 1.48. The highest BCUT2D eigenvalue weighted by Gasteiger charge is 2.40. The van der Waals surface area contributed by atoms with Crippen LogP contribution < -0.4 is 5.73 Å². The van der Waals surface area contributed by atoms with Gasteiger partial charge < -0.3 is 10.6 Å². The molecule has 3 rings (SSSR count). The Morgan fingerprint density at radius 2 is 1.80 bits per heavy atom. The summed E-state index contributed by atoms with van der Waals surface area (Å²) in [6, 6.07) is 1.23. The number of hydrogen-bond acceptors (Lipinski definition) is 3. The molecular weight excluding hydrogens is 246 g/mol. The van der Waals surface area contributed by atoms with Crippen LogP contribution >= 0.6 is 0 Å². The number of nitrogens with zero attached hydrogens (tertiary/aromatic N) is 2. The van der Waals surface area contributed by atoms with Crippen molar-refractivity contribution in [2.75, 3.05) is 32.7 Å². The van der Waals surface area contributed by atoms with Crippen molar-refractivity contribution in [3.8, 4) is 0 Å². The maximum absolute atomic E-state index is 6.48. The Kier molecular flexibility index (Phi) is 4.40. The standard InChI is InChI=1S/C17H33N3/c1-17(2)8-6-14(16(17)18)12-19-11-7-15(13-19)20-9-4-3-5-10-20/h14-16H,3-13,18H2,1-2H3. The van der Waals surface area contributed by atoms with Crippen molar-refractivity contribution in [3.63, 3.8) is 0 Å². The molecule has 0 aromatic carbocycles. The van der Waals surface area contributed by atoms with Crippen LogP contribution in [0.3, 0.4) is 0 Å². The molecule has 1 saturated carbocycles. The van der Waals surface area contributed by atoms with Crippen LogP contribution in [0.2, 0.25) is 0 Å². The highest BCUT2D eigenvalue weighted by atomic mass is 15.3. The molecule has 2 saturated heterocycles. The van der Waals surface area contributed by atoms with Crippen LogP contribution in [0, 0.1) is 11.3 Å². The van der Waals surface area contributed by atoms with E-state index in [0.29, 0.717) is 11.5 Å². The fraction of sp³-hybridized carbons (Fsp3) is 1.00. The summed E-state index contributed by atoms with van der Waals surface area (Å²) < 4.78 is 0. The molecule has 2 N–H and O–H groups in total. The molecule has 3 aliphatic rings. The Bertz CT molecular complexity index is 322. The van der Waals surface area contributed by atoms with Crippen LogP contribution in [-0.4, -0.2) is 54.6 Å². The molecule has 0 amide bonds. The van der Waals surface area contributed by atoms with Crippen LogP contribution in [0.4, 0.5) is 0 Å². The van der Waals surface area contributed by atoms with Gasteiger partial charge >= 0.3 is 0 Å². The van der Waals surface area contributed by atoms with E-state index in [1.165, 1.54) is 71.2 Å². The van der Waals surface area contributed by atoms with Crippen LogP contribution in [0.25, 0.3) is 0 Å². The first-order chi connectivity index (χ1) is 9.56. The van der Waals surface area contributed by atoms with E-state index < -0.39 is 0 Å². The molecule has 20 heavy (non-hydrogen) atoms. The van der Waals surface area contributed by atoms with Gasteiger partial charge in [-0.2, -0.15) is 0 Å². The zero-order valence-electron chi connectivity index (χ0n) is 13.5. The van der Waals surface area contributed by atoms with E-state index >= 15 is 0 Å². The molecule has 2 aliphatic heterocycles. The highest BCUT2D eigenvalue weighted by Crippen LogP contribution is 2.40. The monoisotopic (exact) mass is 279 g/mol. The molecule has 2 heterocycles. The third-order valence-electron chi connectivity index (χ3n) is 6.22. The lowest BCUT2D eigenvalue weighted by atomic mass is 9.85. The summed E-state index contributed by atoms with van der Waals surface area (Å²) in [6.07, 6.45) is 8.29. The fourth-order valence-electron chi connectivity index (χ4n) is 4.64. The summed E-state index contributed by atoms with van der Waals surface area (Å²) in [5, 5.41) is 0. The first-order valence-corrected chi connectivity index (χ1v) is 8.78. The van der Waals surface area contributed by atoms with E-state index in [2.05, 4.69) is 23.6 Å². The van der Waals surface area contributed by atoms with Crippen LogP contribution in [0.15, 0.2) is 0 Å². The second-order valence-electron chi connectivity index (χ2n) is 8.11. The van der Waals surface area contributed by atoms with E-state index in [0.717, 1.165) is 12.0 Å². The minimum absolute atomic E-state index is 0.358. The molecule has 1 aliphatic carbocycles. The van der Waals surface area contributed by atoms with Gasteiger partial charge in [0.15, 0.2) is 0 Å². The van der Waals surface area contributed by atoms with Crippen LogP contribution in [0.1, 0.15) is 52.4 Å². The van der Waals surface area contributed by atoms with Gasteiger partial charge in [-0.1, -0.05) is 20.3 Å². The van der Waals surface area contributed by atoms with E-state index in [1.807, 2.05) is 0 Å². The quantitative estimate of drug-likeness (QED) is 0.860. The lowest BCUT2D eigenvalue weighted by molar-refractivity contribution is 0.156. The Labute approximate surface area is 124 Å². The summed E-state index contributed by atoms with van der Waals surface area (Å²) in [5.41, 5.74) is 6.83. The molecule has 0 aromatic heterocycles. The number of piperidine rings is 1. The van der Waals surface area contributed by atoms with Gasteiger partial charge in [0, 0.05) is 25.2 Å². The lowest BCUT2D eigenvalue weighted by Crippen LogP contribution is -2.43. The van der Waals surface area contributed by atoms with Crippen molar-refractivity contribution in [2.24, 2.45) is 17.1 Å². The molecule has 3 unspecified atom stereocenters. The maximum atomic E-state index is 6.48. The zero-order valence-corrected chi connectivity index (χ0v) is 13.5. The second-order valence-corrected chi connectivity index (χ2v) is 8.11. The smallest absolute Gasteiger partial charge is 0.0235 e. The average molecular weight is 279 g/mol. The van der Waals surface area contributed by atoms with Gasteiger partial charge in [-0.15, -0.1) is 0 Å². The molecule has 0 spiro atoms. The van der Waals surface area contributed by atoms with Gasteiger partial charge in [-0.25, -0.2) is 0 Å². The van der Waals surface area contributed by atoms with Crippen LogP contribution in [-0.2, 0) is 0 Å². The molecule has 0 aromatic rings. The van der Waals surface area contributed by atoms with Gasteiger partial charge in [0.2, 0.25) is 0 Å². The van der Waals surface area contributed by atoms with E-state index in [1.54, 1.807) is 0 Å². The Hall–Kier alpha value is -0.120. The summed E-state index contributed by atoms with van der Waals surface area (Å²) in [5.74, 6) is 0.727. The van der Waals surface area contributed by atoms with Gasteiger partial charge in [-0.05, 0) is 63.1 Å². The predicted molar refractivity (Wildman–Crippen MR) is 84.7 cm³/mol. The van der Waals surface area contributed by atoms with Crippen molar-refractivity contribution in [2.45, 2.75) is 64.5 Å². The molecule has 116 valence electrons. The second kappa shape index (κ2) is 5.94. The van der Waals surface area contributed by atoms with E-state index in [-0.39, 0.29) is 0 Å². The van der Waals surface area contributed by atoms with Crippen molar-refractivity contribution < 1.29 is 0 Å². The Morgan fingerprint density at radius 3 is 2.45 bits per heavy atom. The fourth-order valence-corrected chi connectivity index (χ4v) is 4.64. The van der Waals surface area contributed by atoms with E-state index in [4.69, 9.17) is 5.73 Å². The van der Waals surface area contributed by atoms with Crippen LogP contribution in [0.5, 0.6) is 0 Å². The van der Waals surface area contributed by atoms with Crippen molar-refractivity contribution >= 4 is 0 Å². The van der Waals surface area contributed by atoms with Crippen molar-refractivity contribution in [1.29, 1.82) is 0 Å². The molecule has 3 heteroatoms. The van der Waals surface area contributed by atoms with Crippen molar-refractivity contribution in [3.05, 3.63) is 0 Å². The lowest BCUT2D eigenvalue weighted by Gasteiger charge is -2.33. The third kappa shape index (κ3) is 3.05. The Morgan fingerprint density at radius 1 is 1.05 bits per heavy atom. The highest BCUT2D eigenvalue weighted by molar-refractivity contribution is 4.96. The summed E-state index contributed by atoms with van der Waals surface area (Å²) in [7, 11) is 0. The van der Waals surface area contributed by atoms with Crippen molar-refractivity contribution in [1.82, 2.24) is 9.80 Å². The van der Waals surface area contributed by atoms with E-state index in [9.17, 15) is 0 Å². The van der Waals surface area contributed by atoms with Gasteiger partial charge in [0.1, 0.15) is 0 Å². The first-order valence-electron chi connectivity index (χ1n) is 8.78. The molecule has 3 nitrogen and oxygen atoms in total. The largest absolute Gasteiger partial charge is 0.327 e. The SMILES string of the molecule is CC1(C)CCC(CN2CCC(N3CCCCC3)C2)C1N. The number of rotatable bonds is 3. The van der Waals surface area contributed by atoms with Gasteiger partial charge in [0.25, 0.3) is 0 Å². The number of likely N-dealkylation sites (tertiary alicyclic amines) is 2. The molecule has 3 fully saturated rings. The summed E-state index contributed by atoms with van der Waals surface area (Å²) >= 11 is 0. The van der Waals surface area contributed by atoms with Gasteiger partial charge in [0.05, 0.1) is 0 Å².